The summed E-state index contributed by atoms with van der Waals surface area (Å²) in [6, 6.07) is 4.45. The molecule has 3 heteroatoms. The van der Waals surface area contributed by atoms with Gasteiger partial charge >= 0.3 is 0 Å². The van der Waals surface area contributed by atoms with Gasteiger partial charge in [-0.2, -0.15) is 0 Å². The van der Waals surface area contributed by atoms with Crippen molar-refractivity contribution in [2.24, 2.45) is 17.8 Å². The highest BCUT2D eigenvalue weighted by Crippen LogP contribution is 2.49. The number of fused-ring (bicyclic) bond motifs is 2. The summed E-state index contributed by atoms with van der Waals surface area (Å²) in [6.07, 6.45) is 7.55. The van der Waals surface area contributed by atoms with Crippen molar-refractivity contribution < 1.29 is 0 Å². The zero-order chi connectivity index (χ0) is 11.8. The van der Waals surface area contributed by atoms with Crippen LogP contribution >= 0.6 is 11.6 Å². The molecule has 3 rings (SSSR count). The van der Waals surface area contributed by atoms with Crippen molar-refractivity contribution in [3.63, 3.8) is 0 Å². The van der Waals surface area contributed by atoms with Crippen LogP contribution in [0.25, 0.3) is 0 Å². The van der Waals surface area contributed by atoms with Gasteiger partial charge in [0, 0.05) is 17.9 Å². The monoisotopic (exact) mass is 250 g/mol. The lowest BCUT2D eigenvalue weighted by Crippen LogP contribution is -2.29. The van der Waals surface area contributed by atoms with Gasteiger partial charge in [0.2, 0.25) is 0 Å². The van der Waals surface area contributed by atoms with Crippen LogP contribution in [0.5, 0.6) is 0 Å². The summed E-state index contributed by atoms with van der Waals surface area (Å²) >= 11 is 5.90. The Kier molecular flexibility index (Phi) is 2.99. The van der Waals surface area contributed by atoms with Crippen molar-refractivity contribution in [3.05, 3.63) is 23.5 Å². The number of nitrogens with zero attached hydrogens (tertiary/aromatic N) is 1. The van der Waals surface area contributed by atoms with Gasteiger partial charge in [0.15, 0.2) is 0 Å². The first kappa shape index (κ1) is 11.3. The van der Waals surface area contributed by atoms with E-state index in [1.807, 2.05) is 12.1 Å². The molecule has 1 N–H and O–H groups in total. The van der Waals surface area contributed by atoms with E-state index >= 15 is 0 Å². The summed E-state index contributed by atoms with van der Waals surface area (Å²) in [6.45, 7) is 2.31. The maximum atomic E-state index is 5.90. The Bertz CT molecular complexity index is 407. The Labute approximate surface area is 108 Å². The van der Waals surface area contributed by atoms with Gasteiger partial charge in [0.05, 0.1) is 0 Å². The number of pyridine rings is 1. The molecule has 0 spiro atoms. The minimum absolute atomic E-state index is 0.545. The van der Waals surface area contributed by atoms with E-state index in [-0.39, 0.29) is 0 Å². The Hall–Kier alpha value is -0.760. The molecule has 4 atom stereocenters. The lowest BCUT2D eigenvalue weighted by molar-refractivity contribution is 0.304. The topological polar surface area (TPSA) is 24.9 Å². The Balaban J connectivity index is 1.65. The largest absolute Gasteiger partial charge is 0.382 e. The standard InChI is InChI=1S/C14H19ClN2/c1-9(13-7-10-2-3-11(13)6-10)17-12-4-5-16-14(15)8-12/h4-5,8-11,13H,2-3,6-7H2,1H3,(H,16,17). The third-order valence-electron chi connectivity index (χ3n) is 4.56. The van der Waals surface area contributed by atoms with Gasteiger partial charge in [0.1, 0.15) is 5.15 Å². The minimum Gasteiger partial charge on any atom is -0.382 e. The van der Waals surface area contributed by atoms with Crippen LogP contribution in [0.3, 0.4) is 0 Å². The zero-order valence-corrected chi connectivity index (χ0v) is 11.0. The average Bonchev–Trinajstić information content (AvgIpc) is 2.90. The number of hydrogen-bond donors (Lipinski definition) is 1. The van der Waals surface area contributed by atoms with Crippen molar-refractivity contribution in [1.29, 1.82) is 0 Å². The summed E-state index contributed by atoms with van der Waals surface area (Å²) in [7, 11) is 0. The number of anilines is 1. The summed E-state index contributed by atoms with van der Waals surface area (Å²) < 4.78 is 0. The van der Waals surface area contributed by atoms with Gasteiger partial charge in [-0.25, -0.2) is 4.98 Å². The Morgan fingerprint density at radius 2 is 2.29 bits per heavy atom. The maximum Gasteiger partial charge on any atom is 0.131 e. The molecule has 0 aromatic carbocycles. The molecule has 0 aliphatic heterocycles. The van der Waals surface area contributed by atoms with E-state index < -0.39 is 0 Å². The van der Waals surface area contributed by atoms with Gasteiger partial charge in [-0.05, 0) is 56.1 Å². The second kappa shape index (κ2) is 4.49. The first-order chi connectivity index (χ1) is 8.22. The van der Waals surface area contributed by atoms with E-state index in [1.54, 1.807) is 6.20 Å². The predicted octanol–water partition coefficient (Wildman–Crippen LogP) is 3.97. The molecule has 0 radical (unpaired) electrons. The number of aromatic nitrogens is 1. The van der Waals surface area contributed by atoms with Gasteiger partial charge < -0.3 is 5.32 Å². The van der Waals surface area contributed by atoms with E-state index in [0.29, 0.717) is 11.2 Å². The van der Waals surface area contributed by atoms with Crippen LogP contribution in [0, 0.1) is 17.8 Å². The molecule has 1 heterocycles. The van der Waals surface area contributed by atoms with Gasteiger partial charge in [-0.15, -0.1) is 0 Å². The van der Waals surface area contributed by atoms with E-state index in [4.69, 9.17) is 11.6 Å². The molecule has 2 saturated carbocycles. The molecule has 0 saturated heterocycles. The number of nitrogens with one attached hydrogen (secondary N) is 1. The Morgan fingerprint density at radius 3 is 2.94 bits per heavy atom. The second-order valence-corrected chi connectivity index (χ2v) is 6.03. The normalized spacial score (nSPS) is 32.7. The molecular formula is C14H19ClN2. The number of hydrogen-bond acceptors (Lipinski definition) is 2. The lowest BCUT2D eigenvalue weighted by Gasteiger charge is -2.29. The summed E-state index contributed by atoms with van der Waals surface area (Å²) in [5.41, 5.74) is 1.10. The Morgan fingerprint density at radius 1 is 1.41 bits per heavy atom. The van der Waals surface area contributed by atoms with Gasteiger partial charge in [-0.1, -0.05) is 18.0 Å². The fourth-order valence-electron chi connectivity index (χ4n) is 3.77. The molecular weight excluding hydrogens is 232 g/mol. The van der Waals surface area contributed by atoms with Crippen LogP contribution in [0.15, 0.2) is 18.3 Å². The van der Waals surface area contributed by atoms with Crippen LogP contribution in [-0.2, 0) is 0 Å². The molecule has 2 aliphatic rings. The van der Waals surface area contributed by atoms with E-state index in [1.165, 1.54) is 25.7 Å². The molecule has 2 aliphatic carbocycles. The maximum absolute atomic E-state index is 5.90. The fraction of sp³-hybridized carbons (Fsp3) is 0.643. The van der Waals surface area contributed by atoms with Crippen LogP contribution in [0.4, 0.5) is 5.69 Å². The fourth-order valence-corrected chi connectivity index (χ4v) is 3.94. The van der Waals surface area contributed by atoms with Crippen molar-refractivity contribution in [2.75, 3.05) is 5.32 Å². The quantitative estimate of drug-likeness (QED) is 0.821. The molecule has 2 nitrogen and oxygen atoms in total. The van der Waals surface area contributed by atoms with Gasteiger partial charge in [0.25, 0.3) is 0 Å². The van der Waals surface area contributed by atoms with E-state index in [0.717, 1.165) is 23.4 Å². The highest BCUT2D eigenvalue weighted by Gasteiger charge is 2.41. The highest BCUT2D eigenvalue weighted by molar-refractivity contribution is 6.29. The molecule has 1 aromatic heterocycles. The molecule has 0 amide bonds. The average molecular weight is 251 g/mol. The number of rotatable bonds is 3. The van der Waals surface area contributed by atoms with Crippen LogP contribution in [0.1, 0.15) is 32.6 Å². The number of halogens is 1. The summed E-state index contributed by atoms with van der Waals surface area (Å²) in [5.74, 6) is 2.82. The molecule has 4 unspecified atom stereocenters. The third kappa shape index (κ3) is 2.28. The van der Waals surface area contributed by atoms with Crippen molar-refractivity contribution in [1.82, 2.24) is 4.98 Å². The lowest BCUT2D eigenvalue weighted by atomic mass is 9.84. The smallest absolute Gasteiger partial charge is 0.131 e. The molecule has 92 valence electrons. The van der Waals surface area contributed by atoms with Gasteiger partial charge in [-0.3, -0.25) is 0 Å². The molecule has 1 aromatic rings. The molecule has 2 fully saturated rings. The predicted molar refractivity (Wildman–Crippen MR) is 71.3 cm³/mol. The first-order valence-electron chi connectivity index (χ1n) is 6.60. The minimum atomic E-state index is 0.545. The SMILES string of the molecule is CC(Nc1ccnc(Cl)c1)C1CC2CCC1C2. The third-order valence-corrected chi connectivity index (χ3v) is 4.76. The van der Waals surface area contributed by atoms with Crippen LogP contribution in [-0.4, -0.2) is 11.0 Å². The molecule has 17 heavy (non-hydrogen) atoms. The second-order valence-electron chi connectivity index (χ2n) is 5.64. The first-order valence-corrected chi connectivity index (χ1v) is 6.98. The van der Waals surface area contributed by atoms with Crippen molar-refractivity contribution >= 4 is 17.3 Å². The zero-order valence-electron chi connectivity index (χ0n) is 10.2. The van der Waals surface area contributed by atoms with Crippen molar-refractivity contribution in [2.45, 2.75) is 38.6 Å². The van der Waals surface area contributed by atoms with E-state index in [2.05, 4.69) is 17.2 Å². The van der Waals surface area contributed by atoms with Crippen molar-refractivity contribution in [3.8, 4) is 0 Å². The van der Waals surface area contributed by atoms with E-state index in [9.17, 15) is 0 Å². The van der Waals surface area contributed by atoms with Crippen LogP contribution < -0.4 is 5.32 Å². The highest BCUT2D eigenvalue weighted by atomic mass is 35.5. The summed E-state index contributed by atoms with van der Waals surface area (Å²) in [5, 5.41) is 4.15. The summed E-state index contributed by atoms with van der Waals surface area (Å²) in [4.78, 5) is 4.01. The molecule has 2 bridgehead atoms. The van der Waals surface area contributed by atoms with Crippen LogP contribution in [0.2, 0.25) is 5.15 Å².